The van der Waals surface area contributed by atoms with Crippen LogP contribution in [0.1, 0.15) is 6.92 Å². The zero-order valence-corrected chi connectivity index (χ0v) is 15.4. The Labute approximate surface area is 161 Å². The summed E-state index contributed by atoms with van der Waals surface area (Å²) in [4.78, 5) is 11.0. The van der Waals surface area contributed by atoms with Crippen molar-refractivity contribution in [3.05, 3.63) is 59.8 Å². The number of amides is 1. The Balaban J connectivity index is 1.63. The fourth-order valence-corrected chi connectivity index (χ4v) is 2.86. The fourth-order valence-electron chi connectivity index (χ4n) is 2.34. The lowest BCUT2D eigenvalue weighted by atomic mass is 10.1. The van der Waals surface area contributed by atoms with Gasteiger partial charge in [0.25, 0.3) is 0 Å². The molecule has 0 aliphatic rings. The molecule has 0 fully saturated rings. The van der Waals surface area contributed by atoms with Crippen molar-refractivity contribution < 1.29 is 4.79 Å². The minimum Gasteiger partial charge on any atom is -0.332 e. The summed E-state index contributed by atoms with van der Waals surface area (Å²) >= 11 is 11.7. The van der Waals surface area contributed by atoms with Gasteiger partial charge in [-0.25, -0.2) is 0 Å². The predicted molar refractivity (Wildman–Crippen MR) is 110 cm³/mol. The minimum absolute atomic E-state index is 0.113. The van der Waals surface area contributed by atoms with Crippen molar-refractivity contribution in [1.82, 2.24) is 10.2 Å². The Kier molecular flexibility index (Phi) is 5.50. The van der Waals surface area contributed by atoms with Gasteiger partial charge in [0.2, 0.25) is 5.91 Å². The van der Waals surface area contributed by atoms with Gasteiger partial charge in [-0.3, -0.25) is 9.89 Å². The molecule has 0 bridgehead atoms. The molecule has 0 saturated carbocycles. The van der Waals surface area contributed by atoms with Gasteiger partial charge in [0.15, 0.2) is 5.11 Å². The number of hydrogen-bond acceptors (Lipinski definition) is 3. The van der Waals surface area contributed by atoms with Gasteiger partial charge in [0, 0.05) is 35.7 Å². The van der Waals surface area contributed by atoms with Crippen LogP contribution in [0.3, 0.4) is 0 Å². The molecule has 0 radical (unpaired) electrons. The van der Waals surface area contributed by atoms with E-state index in [2.05, 4.69) is 26.1 Å². The van der Waals surface area contributed by atoms with E-state index in [1.54, 1.807) is 24.4 Å². The third-order valence-electron chi connectivity index (χ3n) is 3.47. The van der Waals surface area contributed by atoms with Crippen LogP contribution >= 0.6 is 23.8 Å². The quantitative estimate of drug-likeness (QED) is 0.497. The first-order valence-electron chi connectivity index (χ1n) is 7.76. The summed E-state index contributed by atoms with van der Waals surface area (Å²) in [6.45, 7) is 1.47. The molecule has 0 unspecified atom stereocenters. The summed E-state index contributed by atoms with van der Waals surface area (Å²) < 4.78 is 0. The Bertz CT molecular complexity index is 925. The Morgan fingerprint density at radius 3 is 2.19 bits per heavy atom. The summed E-state index contributed by atoms with van der Waals surface area (Å²) in [6, 6.07) is 14.6. The molecule has 1 heterocycles. The summed E-state index contributed by atoms with van der Waals surface area (Å²) in [6.07, 6.45) is 1.74. The van der Waals surface area contributed by atoms with Gasteiger partial charge in [-0.2, -0.15) is 5.10 Å². The molecule has 0 spiro atoms. The molecular formula is C18H16ClN5OS. The van der Waals surface area contributed by atoms with E-state index in [0.29, 0.717) is 10.1 Å². The summed E-state index contributed by atoms with van der Waals surface area (Å²) in [5.74, 6) is -0.113. The molecule has 1 amide bonds. The van der Waals surface area contributed by atoms with Crippen molar-refractivity contribution in [3.63, 3.8) is 0 Å². The van der Waals surface area contributed by atoms with E-state index in [9.17, 15) is 4.79 Å². The third kappa shape index (κ3) is 4.59. The number of anilines is 3. The van der Waals surface area contributed by atoms with Gasteiger partial charge in [-0.05, 0) is 60.7 Å². The number of carbonyl (C=O) groups excluding carboxylic acids is 1. The Morgan fingerprint density at radius 2 is 1.62 bits per heavy atom. The molecule has 0 aliphatic carbocycles. The van der Waals surface area contributed by atoms with Crippen LogP contribution in [0.4, 0.5) is 17.1 Å². The summed E-state index contributed by atoms with van der Waals surface area (Å²) in [7, 11) is 0. The van der Waals surface area contributed by atoms with E-state index in [1.807, 2.05) is 30.3 Å². The molecule has 1 aromatic heterocycles. The second-order valence-corrected chi connectivity index (χ2v) is 6.31. The molecule has 3 rings (SSSR count). The number of nitrogens with zero attached hydrogens (tertiary/aromatic N) is 1. The highest BCUT2D eigenvalue weighted by Crippen LogP contribution is 2.29. The normalized spacial score (nSPS) is 10.2. The number of thiocarbonyl (C=S) groups is 1. The first kappa shape index (κ1) is 17.9. The van der Waals surface area contributed by atoms with Gasteiger partial charge in [0.1, 0.15) is 0 Å². The number of H-pyrrole nitrogens is 1. The van der Waals surface area contributed by atoms with E-state index in [1.165, 1.54) is 6.92 Å². The number of hydrogen-bond donors (Lipinski definition) is 4. The third-order valence-corrected chi connectivity index (χ3v) is 3.98. The molecule has 0 saturated heterocycles. The minimum atomic E-state index is -0.113. The lowest BCUT2D eigenvalue weighted by Crippen LogP contribution is -2.19. The molecule has 6 nitrogen and oxygen atoms in total. The lowest BCUT2D eigenvalue weighted by Gasteiger charge is -2.12. The average molecular weight is 386 g/mol. The van der Waals surface area contributed by atoms with Crippen molar-refractivity contribution in [1.29, 1.82) is 0 Å². The molecule has 8 heteroatoms. The lowest BCUT2D eigenvalue weighted by molar-refractivity contribution is -0.114. The van der Waals surface area contributed by atoms with Gasteiger partial charge in [-0.1, -0.05) is 11.6 Å². The average Bonchev–Trinajstić information content (AvgIpc) is 3.10. The van der Waals surface area contributed by atoms with Crippen molar-refractivity contribution in [3.8, 4) is 11.3 Å². The maximum atomic E-state index is 11.0. The van der Waals surface area contributed by atoms with Crippen LogP contribution in [0, 0.1) is 0 Å². The highest BCUT2D eigenvalue weighted by molar-refractivity contribution is 7.80. The number of rotatable bonds is 4. The largest absolute Gasteiger partial charge is 0.332 e. The van der Waals surface area contributed by atoms with Gasteiger partial charge in [0.05, 0.1) is 10.7 Å². The van der Waals surface area contributed by atoms with E-state index < -0.39 is 0 Å². The van der Waals surface area contributed by atoms with Crippen LogP contribution in [0.25, 0.3) is 11.3 Å². The van der Waals surface area contributed by atoms with Crippen molar-refractivity contribution in [2.75, 3.05) is 16.0 Å². The van der Waals surface area contributed by atoms with E-state index >= 15 is 0 Å². The zero-order valence-electron chi connectivity index (χ0n) is 13.8. The van der Waals surface area contributed by atoms with Crippen molar-refractivity contribution in [2.45, 2.75) is 6.92 Å². The first-order valence-corrected chi connectivity index (χ1v) is 8.55. The standard InChI is InChI=1S/C18H16ClN5OS/c1-11(25)21-12-2-4-13(5-3-12)22-18(26)23-14-6-7-15(16(19)10-14)17-8-9-20-24-17/h2-10H,1H3,(H,20,24)(H,21,25)(H2,22,23,26). The maximum Gasteiger partial charge on any atom is 0.221 e. The number of halogens is 1. The Morgan fingerprint density at radius 1 is 1.00 bits per heavy atom. The SMILES string of the molecule is CC(=O)Nc1ccc(NC(=S)Nc2ccc(-c3cc[nH]n3)c(Cl)c2)cc1. The van der Waals surface area contributed by atoms with Gasteiger partial charge >= 0.3 is 0 Å². The van der Waals surface area contributed by atoms with Crippen LogP contribution in [-0.2, 0) is 4.79 Å². The molecule has 2 aromatic carbocycles. The fraction of sp³-hybridized carbons (Fsp3) is 0.0556. The van der Waals surface area contributed by atoms with Crippen molar-refractivity contribution in [2.24, 2.45) is 0 Å². The van der Waals surface area contributed by atoms with E-state index in [-0.39, 0.29) is 5.91 Å². The monoisotopic (exact) mass is 385 g/mol. The molecule has 4 N–H and O–H groups in total. The number of carbonyl (C=O) groups is 1. The van der Waals surface area contributed by atoms with Crippen LogP contribution < -0.4 is 16.0 Å². The highest BCUT2D eigenvalue weighted by Gasteiger charge is 2.07. The van der Waals surface area contributed by atoms with Crippen molar-refractivity contribution >= 4 is 51.9 Å². The molecule has 0 aliphatic heterocycles. The Hall–Kier alpha value is -2.90. The molecule has 0 atom stereocenters. The number of benzene rings is 2. The van der Waals surface area contributed by atoms with Crippen LogP contribution in [-0.4, -0.2) is 21.2 Å². The number of aromatic nitrogens is 2. The van der Waals surface area contributed by atoms with Crippen LogP contribution in [0.15, 0.2) is 54.7 Å². The number of nitrogens with one attached hydrogen (secondary N) is 4. The second-order valence-electron chi connectivity index (χ2n) is 5.49. The summed E-state index contributed by atoms with van der Waals surface area (Å²) in [5, 5.41) is 16.8. The predicted octanol–water partition coefficient (Wildman–Crippen LogP) is 4.50. The van der Waals surface area contributed by atoms with E-state index in [0.717, 1.165) is 28.3 Å². The van der Waals surface area contributed by atoms with Crippen LogP contribution in [0.2, 0.25) is 5.02 Å². The van der Waals surface area contributed by atoms with Gasteiger partial charge in [-0.15, -0.1) is 0 Å². The number of aromatic amines is 1. The van der Waals surface area contributed by atoms with Crippen LogP contribution in [0.5, 0.6) is 0 Å². The highest BCUT2D eigenvalue weighted by atomic mass is 35.5. The molecule has 132 valence electrons. The smallest absolute Gasteiger partial charge is 0.221 e. The molecule has 3 aromatic rings. The zero-order chi connectivity index (χ0) is 18.5. The second kappa shape index (κ2) is 7.99. The van der Waals surface area contributed by atoms with Gasteiger partial charge < -0.3 is 16.0 Å². The molecular weight excluding hydrogens is 370 g/mol. The van der Waals surface area contributed by atoms with E-state index in [4.69, 9.17) is 23.8 Å². The summed E-state index contributed by atoms with van der Waals surface area (Å²) in [5.41, 5.74) is 3.91. The topological polar surface area (TPSA) is 81.8 Å². The maximum absolute atomic E-state index is 11.0. The molecule has 26 heavy (non-hydrogen) atoms. The first-order chi connectivity index (χ1) is 12.5.